The molecule has 13 heavy (non-hydrogen) atoms. The maximum atomic E-state index is 10.5. The molecule has 0 aliphatic rings. The van der Waals surface area contributed by atoms with Gasteiger partial charge in [-0.1, -0.05) is 0 Å². The van der Waals surface area contributed by atoms with Gasteiger partial charge in [-0.25, -0.2) is 4.79 Å². The minimum Gasteiger partial charge on any atom is -0.480 e. The van der Waals surface area contributed by atoms with E-state index in [2.05, 4.69) is 5.32 Å². The molecule has 1 atom stereocenters. The second-order valence-electron chi connectivity index (χ2n) is 3.60. The molecule has 0 bridgehead atoms. The number of aliphatic carboxylic acids is 1. The standard InChI is InChI=1S/C8H15NO4/c1-8(2,3)13-4-6(7(11)12)9-5-10/h5-6H,4H2,1-3H3,(H,9,10)(H,11,12)/t6-/m0/s1. The summed E-state index contributed by atoms with van der Waals surface area (Å²) < 4.78 is 5.20. The number of carbonyl (C=O) groups is 2. The molecule has 1 amide bonds. The number of hydrogen-bond acceptors (Lipinski definition) is 3. The van der Waals surface area contributed by atoms with Crippen LogP contribution >= 0.6 is 0 Å². The lowest BCUT2D eigenvalue weighted by Gasteiger charge is -2.22. The first kappa shape index (κ1) is 11.9. The lowest BCUT2D eigenvalue weighted by Crippen LogP contribution is -2.41. The molecule has 0 spiro atoms. The molecular weight excluding hydrogens is 174 g/mol. The van der Waals surface area contributed by atoms with Crippen molar-refractivity contribution in [3.8, 4) is 0 Å². The van der Waals surface area contributed by atoms with Crippen molar-refractivity contribution in [2.24, 2.45) is 0 Å². The van der Waals surface area contributed by atoms with E-state index in [1.54, 1.807) is 0 Å². The summed E-state index contributed by atoms with van der Waals surface area (Å²) in [5.74, 6) is -1.10. The van der Waals surface area contributed by atoms with E-state index < -0.39 is 17.6 Å². The average molecular weight is 189 g/mol. The van der Waals surface area contributed by atoms with Gasteiger partial charge in [-0.05, 0) is 20.8 Å². The molecule has 0 radical (unpaired) electrons. The first-order valence-corrected chi connectivity index (χ1v) is 3.93. The van der Waals surface area contributed by atoms with E-state index in [1.165, 1.54) is 0 Å². The van der Waals surface area contributed by atoms with E-state index in [9.17, 15) is 9.59 Å². The molecule has 0 unspecified atom stereocenters. The Labute approximate surface area is 77.1 Å². The van der Waals surface area contributed by atoms with Crippen LogP contribution < -0.4 is 5.32 Å². The van der Waals surface area contributed by atoms with E-state index in [1.807, 2.05) is 20.8 Å². The van der Waals surface area contributed by atoms with Gasteiger partial charge in [0.2, 0.25) is 6.41 Å². The Kier molecular flexibility index (Phi) is 4.40. The van der Waals surface area contributed by atoms with Crippen molar-refractivity contribution in [3.63, 3.8) is 0 Å². The van der Waals surface area contributed by atoms with Crippen molar-refractivity contribution < 1.29 is 19.4 Å². The molecule has 2 N–H and O–H groups in total. The summed E-state index contributed by atoms with van der Waals surface area (Å²) in [7, 11) is 0. The van der Waals surface area contributed by atoms with E-state index >= 15 is 0 Å². The molecule has 0 aromatic carbocycles. The highest BCUT2D eigenvalue weighted by Gasteiger charge is 2.20. The van der Waals surface area contributed by atoms with Gasteiger partial charge in [-0.3, -0.25) is 4.79 Å². The number of carbonyl (C=O) groups excluding carboxylic acids is 1. The Morgan fingerprint density at radius 2 is 2.15 bits per heavy atom. The second kappa shape index (κ2) is 4.81. The Balaban J connectivity index is 3.97. The van der Waals surface area contributed by atoms with Crippen LogP contribution in [0.3, 0.4) is 0 Å². The highest BCUT2D eigenvalue weighted by Crippen LogP contribution is 2.06. The minimum absolute atomic E-state index is 0.0302. The Morgan fingerprint density at radius 1 is 1.62 bits per heavy atom. The fourth-order valence-corrected chi connectivity index (χ4v) is 0.606. The SMILES string of the molecule is CC(C)(C)OC[C@H](NC=O)C(=O)O. The normalized spacial score (nSPS) is 13.5. The predicted octanol–water partition coefficient (Wildman–Crippen LogP) is 0.000700. The topological polar surface area (TPSA) is 75.6 Å². The number of carboxylic acids is 1. The van der Waals surface area contributed by atoms with Gasteiger partial charge in [-0.15, -0.1) is 0 Å². The van der Waals surface area contributed by atoms with E-state index in [0.29, 0.717) is 6.41 Å². The zero-order valence-corrected chi connectivity index (χ0v) is 8.03. The number of carboxylic acid groups (broad SMARTS) is 1. The third-order valence-corrected chi connectivity index (χ3v) is 1.25. The largest absolute Gasteiger partial charge is 0.480 e. The number of amides is 1. The number of hydrogen-bond donors (Lipinski definition) is 2. The summed E-state index contributed by atoms with van der Waals surface area (Å²) in [6.07, 6.45) is 0.352. The van der Waals surface area contributed by atoms with Crippen molar-refractivity contribution in [1.29, 1.82) is 0 Å². The Bertz CT molecular complexity index is 185. The summed E-state index contributed by atoms with van der Waals surface area (Å²) in [4.78, 5) is 20.5. The van der Waals surface area contributed by atoms with Gasteiger partial charge < -0.3 is 15.2 Å². The van der Waals surface area contributed by atoms with Crippen LogP contribution in [0.25, 0.3) is 0 Å². The molecule has 0 aliphatic heterocycles. The number of ether oxygens (including phenoxy) is 1. The second-order valence-corrected chi connectivity index (χ2v) is 3.60. The molecule has 0 aromatic heterocycles. The molecule has 5 heteroatoms. The molecule has 0 aliphatic carbocycles. The van der Waals surface area contributed by atoms with E-state index in [4.69, 9.17) is 9.84 Å². The molecule has 0 rings (SSSR count). The van der Waals surface area contributed by atoms with E-state index in [0.717, 1.165) is 0 Å². The van der Waals surface area contributed by atoms with Crippen molar-refractivity contribution >= 4 is 12.4 Å². The highest BCUT2D eigenvalue weighted by atomic mass is 16.5. The summed E-state index contributed by atoms with van der Waals surface area (Å²) >= 11 is 0. The van der Waals surface area contributed by atoms with Gasteiger partial charge >= 0.3 is 5.97 Å². The van der Waals surface area contributed by atoms with Crippen LogP contribution in [-0.4, -0.2) is 35.7 Å². The van der Waals surface area contributed by atoms with Crippen LogP contribution in [-0.2, 0) is 14.3 Å². The lowest BCUT2D eigenvalue weighted by atomic mass is 10.2. The summed E-state index contributed by atoms with van der Waals surface area (Å²) in [5, 5.41) is 10.7. The van der Waals surface area contributed by atoms with Crippen molar-refractivity contribution in [1.82, 2.24) is 5.32 Å². The predicted molar refractivity (Wildman–Crippen MR) is 46.3 cm³/mol. The van der Waals surface area contributed by atoms with Gasteiger partial charge in [0.15, 0.2) is 0 Å². The molecule has 76 valence electrons. The third kappa shape index (κ3) is 6.10. The Morgan fingerprint density at radius 3 is 2.46 bits per heavy atom. The van der Waals surface area contributed by atoms with Crippen LogP contribution in [0.5, 0.6) is 0 Å². The highest BCUT2D eigenvalue weighted by molar-refractivity contribution is 5.76. The molecule has 0 heterocycles. The van der Waals surface area contributed by atoms with Gasteiger partial charge in [-0.2, -0.15) is 0 Å². The smallest absolute Gasteiger partial charge is 0.328 e. The molecule has 0 fully saturated rings. The Hall–Kier alpha value is -1.10. The van der Waals surface area contributed by atoms with Crippen molar-refractivity contribution in [3.05, 3.63) is 0 Å². The van der Waals surface area contributed by atoms with Crippen molar-refractivity contribution in [2.45, 2.75) is 32.4 Å². The van der Waals surface area contributed by atoms with Gasteiger partial charge in [0.25, 0.3) is 0 Å². The molecule has 5 nitrogen and oxygen atoms in total. The van der Waals surface area contributed by atoms with Gasteiger partial charge in [0.05, 0.1) is 12.2 Å². The number of rotatable bonds is 5. The average Bonchev–Trinajstić information content (AvgIpc) is 1.95. The van der Waals surface area contributed by atoms with Crippen molar-refractivity contribution in [2.75, 3.05) is 6.61 Å². The first-order valence-electron chi connectivity index (χ1n) is 3.93. The summed E-state index contributed by atoms with van der Waals surface area (Å²) in [6, 6.07) is -0.975. The zero-order valence-electron chi connectivity index (χ0n) is 8.03. The van der Waals surface area contributed by atoms with Crippen LogP contribution in [0.2, 0.25) is 0 Å². The maximum absolute atomic E-state index is 10.5. The summed E-state index contributed by atoms with van der Waals surface area (Å²) in [5.41, 5.74) is -0.404. The fourth-order valence-electron chi connectivity index (χ4n) is 0.606. The molecule has 0 aromatic rings. The molecule has 0 saturated carbocycles. The fraction of sp³-hybridized carbons (Fsp3) is 0.750. The first-order chi connectivity index (χ1) is 5.87. The van der Waals surface area contributed by atoms with Crippen LogP contribution in [0.4, 0.5) is 0 Å². The quantitative estimate of drug-likeness (QED) is 0.597. The van der Waals surface area contributed by atoms with Gasteiger partial charge in [0, 0.05) is 0 Å². The molecule has 0 saturated heterocycles. The molecular formula is C8H15NO4. The third-order valence-electron chi connectivity index (χ3n) is 1.25. The van der Waals surface area contributed by atoms with E-state index in [-0.39, 0.29) is 6.61 Å². The monoisotopic (exact) mass is 189 g/mol. The lowest BCUT2D eigenvalue weighted by molar-refractivity contribution is -0.144. The van der Waals surface area contributed by atoms with Gasteiger partial charge in [0.1, 0.15) is 6.04 Å². The van der Waals surface area contributed by atoms with Crippen LogP contribution in [0, 0.1) is 0 Å². The summed E-state index contributed by atoms with van der Waals surface area (Å²) in [6.45, 7) is 5.41. The zero-order chi connectivity index (χ0) is 10.5. The van der Waals surface area contributed by atoms with Crippen LogP contribution in [0.1, 0.15) is 20.8 Å². The number of nitrogens with one attached hydrogen (secondary N) is 1. The van der Waals surface area contributed by atoms with Crippen LogP contribution in [0.15, 0.2) is 0 Å². The maximum Gasteiger partial charge on any atom is 0.328 e. The minimum atomic E-state index is -1.10.